The Morgan fingerprint density at radius 1 is 1.00 bits per heavy atom. The molecule has 2 aliphatic carbocycles. The third kappa shape index (κ3) is 5.20. The van der Waals surface area contributed by atoms with E-state index in [4.69, 9.17) is 21.1 Å². The van der Waals surface area contributed by atoms with E-state index in [1.54, 1.807) is 12.1 Å². The predicted molar refractivity (Wildman–Crippen MR) is 150 cm³/mol. The molecule has 0 bridgehead atoms. The molecule has 0 radical (unpaired) electrons. The number of amides is 1. The Morgan fingerprint density at radius 3 is 2.26 bits per heavy atom. The van der Waals surface area contributed by atoms with Crippen LogP contribution in [0.2, 0.25) is 5.02 Å². The Kier molecular flexibility index (Phi) is 7.80. The van der Waals surface area contributed by atoms with Gasteiger partial charge in [0.05, 0.1) is 11.6 Å². The van der Waals surface area contributed by atoms with Gasteiger partial charge >= 0.3 is 0 Å². The zero-order valence-electron chi connectivity index (χ0n) is 22.6. The fraction of sp³-hybridized carbons (Fsp3) is 0.387. The Bertz CT molecular complexity index is 1370. The van der Waals surface area contributed by atoms with Gasteiger partial charge in [-0.15, -0.1) is 0 Å². The van der Waals surface area contributed by atoms with Crippen molar-refractivity contribution < 1.29 is 23.9 Å². The number of nitrogens with zero attached hydrogens (tertiary/aromatic N) is 1. The lowest BCUT2D eigenvalue weighted by Gasteiger charge is -2.42. The highest BCUT2D eigenvalue weighted by atomic mass is 35.5. The summed E-state index contributed by atoms with van der Waals surface area (Å²) in [4.78, 5) is 41.3. The maximum Gasteiger partial charge on any atom is 0.262 e. The van der Waals surface area contributed by atoms with Crippen molar-refractivity contribution in [2.75, 3.05) is 25.6 Å². The molecule has 0 spiro atoms. The second-order valence-corrected chi connectivity index (χ2v) is 10.6. The molecule has 3 aliphatic rings. The zero-order valence-corrected chi connectivity index (χ0v) is 23.3. The normalized spacial score (nSPS) is 17.7. The van der Waals surface area contributed by atoms with Crippen molar-refractivity contribution in [3.63, 3.8) is 0 Å². The van der Waals surface area contributed by atoms with Crippen molar-refractivity contribution in [1.82, 2.24) is 4.90 Å². The van der Waals surface area contributed by atoms with E-state index in [1.165, 1.54) is 0 Å². The maximum absolute atomic E-state index is 13.3. The molecule has 0 atom stereocenters. The SMILES string of the molecule is CCOc1cc(C2C3=C(CCCC3=O)N(C)C3=C2C(=O)CCC3)cc(Cl)c1OCC(=O)Nc1ccccc1C. The highest BCUT2D eigenvalue weighted by molar-refractivity contribution is 6.32. The fourth-order valence-electron chi connectivity index (χ4n) is 5.88. The highest BCUT2D eigenvalue weighted by Gasteiger charge is 2.42. The van der Waals surface area contributed by atoms with Crippen molar-refractivity contribution in [2.24, 2.45) is 0 Å². The number of ketones is 2. The summed E-state index contributed by atoms with van der Waals surface area (Å²) in [7, 11) is 1.97. The molecule has 204 valence electrons. The van der Waals surface area contributed by atoms with Crippen molar-refractivity contribution in [1.29, 1.82) is 0 Å². The van der Waals surface area contributed by atoms with Crippen molar-refractivity contribution in [3.05, 3.63) is 75.1 Å². The van der Waals surface area contributed by atoms with Crippen LogP contribution >= 0.6 is 11.6 Å². The fourth-order valence-corrected chi connectivity index (χ4v) is 6.15. The number of rotatable bonds is 7. The minimum Gasteiger partial charge on any atom is -0.490 e. The number of hydrogen-bond donors (Lipinski definition) is 1. The summed E-state index contributed by atoms with van der Waals surface area (Å²) in [6.07, 6.45) is 4.11. The number of benzene rings is 2. The Balaban J connectivity index is 1.50. The summed E-state index contributed by atoms with van der Waals surface area (Å²) in [5.74, 6) is -0.0585. The van der Waals surface area contributed by atoms with E-state index < -0.39 is 5.92 Å². The van der Waals surface area contributed by atoms with Crippen LogP contribution in [0.4, 0.5) is 5.69 Å². The largest absolute Gasteiger partial charge is 0.490 e. The van der Waals surface area contributed by atoms with Crippen LogP contribution in [0.3, 0.4) is 0 Å². The molecule has 5 rings (SSSR count). The summed E-state index contributed by atoms with van der Waals surface area (Å²) >= 11 is 6.76. The number of Topliss-reactive ketones (excluding diaryl/α,β-unsaturated/α-hetero) is 2. The Hall–Kier alpha value is -3.58. The number of allylic oxidation sites excluding steroid dienone is 4. The number of halogens is 1. The van der Waals surface area contributed by atoms with Crippen molar-refractivity contribution in [2.45, 2.75) is 58.3 Å². The van der Waals surface area contributed by atoms with Crippen LogP contribution < -0.4 is 14.8 Å². The molecule has 0 aromatic heterocycles. The molecule has 0 saturated carbocycles. The summed E-state index contributed by atoms with van der Waals surface area (Å²) in [5.41, 5.74) is 5.73. The van der Waals surface area contributed by atoms with Gasteiger partial charge in [0.15, 0.2) is 29.7 Å². The van der Waals surface area contributed by atoms with Crippen LogP contribution in [0.25, 0.3) is 0 Å². The minimum atomic E-state index is -0.498. The van der Waals surface area contributed by atoms with Gasteiger partial charge in [0.25, 0.3) is 5.91 Å². The molecular weight excluding hydrogens is 516 g/mol. The van der Waals surface area contributed by atoms with Crippen molar-refractivity contribution in [3.8, 4) is 11.5 Å². The number of para-hydroxylation sites is 1. The van der Waals surface area contributed by atoms with E-state index in [1.807, 2.05) is 45.2 Å². The first-order chi connectivity index (χ1) is 18.8. The molecule has 1 N–H and O–H groups in total. The minimum absolute atomic E-state index is 0.0697. The average Bonchev–Trinajstić information content (AvgIpc) is 2.91. The second kappa shape index (κ2) is 11.3. The zero-order chi connectivity index (χ0) is 27.7. The van der Waals surface area contributed by atoms with Gasteiger partial charge in [0, 0.05) is 54.0 Å². The van der Waals surface area contributed by atoms with Gasteiger partial charge in [-0.25, -0.2) is 0 Å². The van der Waals surface area contributed by atoms with E-state index >= 15 is 0 Å². The molecule has 7 nitrogen and oxygen atoms in total. The number of ether oxygens (including phenoxy) is 2. The number of nitrogens with one attached hydrogen (secondary N) is 1. The second-order valence-electron chi connectivity index (χ2n) is 10.2. The predicted octanol–water partition coefficient (Wildman–Crippen LogP) is 6.11. The molecule has 0 unspecified atom stereocenters. The van der Waals surface area contributed by atoms with Crippen LogP contribution in [0, 0.1) is 6.92 Å². The lowest BCUT2D eigenvalue weighted by Crippen LogP contribution is -2.37. The summed E-state index contributed by atoms with van der Waals surface area (Å²) in [6.45, 7) is 3.85. The molecule has 2 aromatic rings. The number of carbonyl (C=O) groups excluding carboxylic acids is 3. The smallest absolute Gasteiger partial charge is 0.262 e. The number of aryl methyl sites for hydroxylation is 1. The number of anilines is 1. The molecule has 1 amide bonds. The third-order valence-electron chi connectivity index (χ3n) is 7.68. The van der Waals surface area contributed by atoms with Crippen LogP contribution in [0.1, 0.15) is 62.5 Å². The van der Waals surface area contributed by atoms with E-state index in [0.717, 1.165) is 48.2 Å². The van der Waals surface area contributed by atoms with E-state index in [-0.39, 0.29) is 34.9 Å². The van der Waals surface area contributed by atoms with Gasteiger partial charge in [-0.3, -0.25) is 14.4 Å². The van der Waals surface area contributed by atoms with Crippen LogP contribution in [-0.2, 0) is 14.4 Å². The van der Waals surface area contributed by atoms with Crippen molar-refractivity contribution >= 4 is 34.8 Å². The van der Waals surface area contributed by atoms with Crippen LogP contribution in [0.5, 0.6) is 11.5 Å². The first kappa shape index (κ1) is 27.0. The summed E-state index contributed by atoms with van der Waals surface area (Å²) in [6, 6.07) is 11.0. The van der Waals surface area contributed by atoms with E-state index in [9.17, 15) is 14.4 Å². The summed E-state index contributed by atoms with van der Waals surface area (Å²) < 4.78 is 11.8. The van der Waals surface area contributed by atoms with E-state index in [2.05, 4.69) is 10.2 Å². The number of carbonyl (C=O) groups is 3. The Morgan fingerprint density at radius 2 is 1.64 bits per heavy atom. The highest BCUT2D eigenvalue weighted by Crippen LogP contribution is 2.50. The van der Waals surface area contributed by atoms with Gasteiger partial charge in [0.1, 0.15) is 0 Å². The first-order valence-electron chi connectivity index (χ1n) is 13.5. The standard InChI is InChI=1S/C31H33ClN2O5/c1-4-38-26-16-19(15-20(32)31(26)39-17-27(37)33-21-10-6-5-9-18(21)2)28-29-22(11-7-13-24(29)35)34(3)23-12-8-14-25(36)30(23)28/h5-6,9-10,15-16,28H,4,7-8,11-14,17H2,1-3H3,(H,33,37). The Labute approximate surface area is 233 Å². The monoisotopic (exact) mass is 548 g/mol. The van der Waals surface area contributed by atoms with E-state index in [0.29, 0.717) is 42.0 Å². The molecule has 8 heteroatoms. The first-order valence-corrected chi connectivity index (χ1v) is 13.9. The maximum atomic E-state index is 13.3. The van der Waals surface area contributed by atoms with Gasteiger partial charge in [-0.2, -0.15) is 0 Å². The molecule has 1 aliphatic heterocycles. The average molecular weight is 549 g/mol. The van der Waals surface area contributed by atoms with Gasteiger partial charge < -0.3 is 19.7 Å². The molecule has 39 heavy (non-hydrogen) atoms. The molecule has 2 aromatic carbocycles. The van der Waals surface area contributed by atoms with Crippen LogP contribution in [-0.4, -0.2) is 42.6 Å². The molecule has 0 fully saturated rings. The summed E-state index contributed by atoms with van der Waals surface area (Å²) in [5, 5.41) is 3.11. The lowest BCUT2D eigenvalue weighted by molar-refractivity contribution is -0.118. The topological polar surface area (TPSA) is 84.9 Å². The van der Waals surface area contributed by atoms with Gasteiger partial charge in [-0.1, -0.05) is 29.8 Å². The van der Waals surface area contributed by atoms with Gasteiger partial charge in [-0.05, 0) is 68.9 Å². The molecular formula is C31H33ClN2O5. The van der Waals surface area contributed by atoms with Crippen LogP contribution in [0.15, 0.2) is 58.9 Å². The number of hydrogen-bond acceptors (Lipinski definition) is 6. The lowest BCUT2D eigenvalue weighted by atomic mass is 9.71. The third-order valence-corrected chi connectivity index (χ3v) is 7.96. The quantitative estimate of drug-likeness (QED) is 0.449. The molecule has 0 saturated heterocycles. The van der Waals surface area contributed by atoms with Gasteiger partial charge in [0.2, 0.25) is 0 Å². The molecule has 1 heterocycles.